The molecule has 2 aromatic heterocycles. The van der Waals surface area contributed by atoms with E-state index in [9.17, 15) is 8.42 Å². The quantitative estimate of drug-likeness (QED) is 0.774. The number of benzene rings is 1. The van der Waals surface area contributed by atoms with Crippen molar-refractivity contribution in [1.82, 2.24) is 15.2 Å². The number of rotatable bonds is 4. The summed E-state index contributed by atoms with van der Waals surface area (Å²) < 4.78 is 27.2. The van der Waals surface area contributed by atoms with E-state index in [-0.39, 0.29) is 10.7 Å². The Morgan fingerprint density at radius 3 is 2.67 bits per heavy atom. The fourth-order valence-electron chi connectivity index (χ4n) is 2.02. The Hall–Kier alpha value is -2.41. The zero-order valence-corrected chi connectivity index (χ0v) is 12.2. The number of nitrogens with zero attached hydrogens (tertiary/aromatic N) is 2. The Kier molecular flexibility index (Phi) is 3.34. The molecule has 1 aromatic carbocycles. The molecule has 0 saturated heterocycles. The van der Waals surface area contributed by atoms with Crippen LogP contribution < -0.4 is 4.72 Å². The third kappa shape index (κ3) is 2.59. The predicted molar refractivity (Wildman–Crippen MR) is 80.5 cm³/mol. The maximum Gasteiger partial charge on any atom is 0.263 e. The van der Waals surface area contributed by atoms with E-state index in [4.69, 9.17) is 0 Å². The third-order valence-corrected chi connectivity index (χ3v) is 4.56. The molecule has 21 heavy (non-hydrogen) atoms. The summed E-state index contributed by atoms with van der Waals surface area (Å²) in [7, 11) is -3.66. The van der Waals surface area contributed by atoms with Gasteiger partial charge in [-0.25, -0.2) is 13.4 Å². The molecule has 3 aromatic rings. The highest BCUT2D eigenvalue weighted by molar-refractivity contribution is 7.92. The summed E-state index contributed by atoms with van der Waals surface area (Å²) in [5.74, 6) is 0.248. The van der Waals surface area contributed by atoms with Crippen molar-refractivity contribution >= 4 is 26.9 Å². The lowest BCUT2D eigenvalue weighted by Gasteiger charge is -2.06. The van der Waals surface area contributed by atoms with Gasteiger partial charge >= 0.3 is 0 Å². The van der Waals surface area contributed by atoms with E-state index in [1.54, 1.807) is 42.6 Å². The first-order valence-electron chi connectivity index (χ1n) is 6.51. The first kappa shape index (κ1) is 13.6. The van der Waals surface area contributed by atoms with Crippen LogP contribution in [0, 0.1) is 0 Å². The lowest BCUT2D eigenvalue weighted by atomic mass is 10.2. The van der Waals surface area contributed by atoms with Crippen molar-refractivity contribution in [2.45, 2.75) is 18.2 Å². The standard InChI is InChI=1S/C14H14N4O2S/c1-2-10-5-7-11(8-6-10)21(19,20)18-14-12-4-3-9-15-13(12)16-17-14/h3-9H,2H2,1H3,(H2,15,16,17,18). The number of aryl methyl sites for hydroxylation is 1. The van der Waals surface area contributed by atoms with Gasteiger partial charge in [0.1, 0.15) is 0 Å². The van der Waals surface area contributed by atoms with E-state index < -0.39 is 10.0 Å². The summed E-state index contributed by atoms with van der Waals surface area (Å²) in [5.41, 5.74) is 1.62. The maximum absolute atomic E-state index is 12.4. The van der Waals surface area contributed by atoms with Gasteiger partial charge in [-0.1, -0.05) is 19.1 Å². The highest BCUT2D eigenvalue weighted by Crippen LogP contribution is 2.21. The predicted octanol–water partition coefficient (Wildman–Crippen LogP) is 2.32. The van der Waals surface area contributed by atoms with Crippen LogP contribution in [0.4, 0.5) is 5.82 Å². The van der Waals surface area contributed by atoms with E-state index in [1.807, 2.05) is 6.92 Å². The second-order valence-corrected chi connectivity index (χ2v) is 6.26. The van der Waals surface area contributed by atoms with Crippen molar-refractivity contribution in [3.05, 3.63) is 48.2 Å². The number of hydrogen-bond acceptors (Lipinski definition) is 4. The van der Waals surface area contributed by atoms with E-state index >= 15 is 0 Å². The first-order chi connectivity index (χ1) is 10.1. The number of sulfonamides is 1. The molecule has 0 saturated carbocycles. The number of fused-ring (bicyclic) bond motifs is 1. The van der Waals surface area contributed by atoms with Crippen molar-refractivity contribution in [2.75, 3.05) is 4.72 Å². The van der Waals surface area contributed by atoms with Crippen molar-refractivity contribution < 1.29 is 8.42 Å². The summed E-state index contributed by atoms with van der Waals surface area (Å²) >= 11 is 0. The van der Waals surface area contributed by atoms with Crippen LogP contribution in [0.15, 0.2) is 47.5 Å². The van der Waals surface area contributed by atoms with Gasteiger partial charge in [0.25, 0.3) is 10.0 Å². The number of aromatic amines is 1. The van der Waals surface area contributed by atoms with Crippen LogP contribution in [-0.4, -0.2) is 23.6 Å². The number of aromatic nitrogens is 3. The molecule has 0 bridgehead atoms. The van der Waals surface area contributed by atoms with Crippen LogP contribution in [-0.2, 0) is 16.4 Å². The molecule has 0 unspecified atom stereocenters. The van der Waals surface area contributed by atoms with E-state index in [1.165, 1.54) is 0 Å². The number of anilines is 1. The minimum atomic E-state index is -3.66. The average molecular weight is 302 g/mol. The van der Waals surface area contributed by atoms with Crippen LogP contribution in [0.2, 0.25) is 0 Å². The Morgan fingerprint density at radius 1 is 1.19 bits per heavy atom. The second kappa shape index (κ2) is 5.17. The van der Waals surface area contributed by atoms with Crippen molar-refractivity contribution in [1.29, 1.82) is 0 Å². The summed E-state index contributed by atoms with van der Waals surface area (Å²) in [5, 5.41) is 7.29. The van der Waals surface area contributed by atoms with Gasteiger partial charge < -0.3 is 0 Å². The molecule has 108 valence electrons. The zero-order valence-electron chi connectivity index (χ0n) is 11.4. The highest BCUT2D eigenvalue weighted by atomic mass is 32.2. The van der Waals surface area contributed by atoms with E-state index in [0.717, 1.165) is 12.0 Å². The Balaban J connectivity index is 1.95. The molecule has 3 rings (SSSR count). The molecular formula is C14H14N4O2S. The Morgan fingerprint density at radius 2 is 1.95 bits per heavy atom. The molecule has 0 aliphatic heterocycles. The van der Waals surface area contributed by atoms with Crippen molar-refractivity contribution in [2.24, 2.45) is 0 Å². The summed E-state index contributed by atoms with van der Waals surface area (Å²) in [4.78, 5) is 4.28. The van der Waals surface area contributed by atoms with Gasteiger partial charge in [0.15, 0.2) is 11.5 Å². The van der Waals surface area contributed by atoms with Gasteiger partial charge in [-0.3, -0.25) is 9.82 Å². The molecule has 0 aliphatic carbocycles. The molecule has 2 heterocycles. The molecule has 6 nitrogen and oxygen atoms in total. The van der Waals surface area contributed by atoms with Crippen LogP contribution in [0.3, 0.4) is 0 Å². The van der Waals surface area contributed by atoms with Crippen LogP contribution in [0.5, 0.6) is 0 Å². The number of pyridine rings is 1. The molecule has 0 radical (unpaired) electrons. The van der Waals surface area contributed by atoms with Gasteiger partial charge in [0.05, 0.1) is 10.3 Å². The third-order valence-electron chi connectivity index (χ3n) is 3.21. The monoisotopic (exact) mass is 302 g/mol. The highest BCUT2D eigenvalue weighted by Gasteiger charge is 2.17. The topological polar surface area (TPSA) is 87.7 Å². The molecular weight excluding hydrogens is 288 g/mol. The number of nitrogens with one attached hydrogen (secondary N) is 2. The minimum absolute atomic E-state index is 0.208. The fraction of sp³-hybridized carbons (Fsp3) is 0.143. The number of hydrogen-bond donors (Lipinski definition) is 2. The zero-order chi connectivity index (χ0) is 14.9. The van der Waals surface area contributed by atoms with Crippen molar-refractivity contribution in [3.8, 4) is 0 Å². The lowest BCUT2D eigenvalue weighted by molar-refractivity contribution is 0.601. The van der Waals surface area contributed by atoms with E-state index in [2.05, 4.69) is 19.9 Å². The van der Waals surface area contributed by atoms with Gasteiger partial charge in [-0.2, -0.15) is 5.10 Å². The minimum Gasteiger partial charge on any atom is -0.261 e. The smallest absolute Gasteiger partial charge is 0.261 e. The summed E-state index contributed by atoms with van der Waals surface area (Å²) in [6, 6.07) is 10.3. The molecule has 0 spiro atoms. The van der Waals surface area contributed by atoms with Gasteiger partial charge in [-0.15, -0.1) is 0 Å². The van der Waals surface area contributed by atoms with Gasteiger partial charge in [0.2, 0.25) is 0 Å². The van der Waals surface area contributed by atoms with Gasteiger partial charge in [-0.05, 0) is 36.2 Å². The Bertz CT molecular complexity index is 869. The molecule has 0 aliphatic rings. The van der Waals surface area contributed by atoms with Crippen LogP contribution in [0.1, 0.15) is 12.5 Å². The average Bonchev–Trinajstić information content (AvgIpc) is 2.90. The van der Waals surface area contributed by atoms with E-state index in [0.29, 0.717) is 11.0 Å². The molecule has 0 amide bonds. The largest absolute Gasteiger partial charge is 0.263 e. The molecule has 7 heteroatoms. The normalized spacial score (nSPS) is 11.7. The van der Waals surface area contributed by atoms with Crippen molar-refractivity contribution in [3.63, 3.8) is 0 Å². The molecule has 0 fully saturated rings. The first-order valence-corrected chi connectivity index (χ1v) is 7.99. The molecule has 2 N–H and O–H groups in total. The maximum atomic E-state index is 12.4. The summed E-state index contributed by atoms with van der Waals surface area (Å²) in [6.45, 7) is 2.02. The SMILES string of the molecule is CCc1ccc(S(=O)(=O)Nc2n[nH]c3ncccc23)cc1. The van der Waals surface area contributed by atoms with Gasteiger partial charge in [0, 0.05) is 6.20 Å². The summed E-state index contributed by atoms with van der Waals surface area (Å²) in [6.07, 6.45) is 2.48. The lowest BCUT2D eigenvalue weighted by Crippen LogP contribution is -2.13. The van der Waals surface area contributed by atoms with Crippen LogP contribution in [0.25, 0.3) is 11.0 Å². The Labute approximate surface area is 122 Å². The van der Waals surface area contributed by atoms with Crippen LogP contribution >= 0.6 is 0 Å². The second-order valence-electron chi connectivity index (χ2n) is 4.57. The fourth-order valence-corrected chi connectivity index (χ4v) is 3.05. The number of H-pyrrole nitrogens is 1. The molecule has 0 atom stereocenters.